The van der Waals surface area contributed by atoms with Gasteiger partial charge in [0.1, 0.15) is 12.3 Å². The number of alkyl halides is 3. The molecule has 0 aliphatic carbocycles. The van der Waals surface area contributed by atoms with Crippen molar-refractivity contribution >= 4 is 11.6 Å². The molecule has 0 atom stereocenters. The van der Waals surface area contributed by atoms with Crippen LogP contribution in [0.2, 0.25) is 0 Å². The van der Waals surface area contributed by atoms with Gasteiger partial charge in [0.05, 0.1) is 23.6 Å². The number of ether oxygens (including phenoxy) is 1. The van der Waals surface area contributed by atoms with E-state index in [4.69, 9.17) is 9.72 Å². The zero-order chi connectivity index (χ0) is 29.8. The Morgan fingerprint density at radius 2 is 1.49 bits per heavy atom. The molecule has 1 saturated heterocycles. The highest BCUT2D eigenvalue weighted by Gasteiger charge is 2.30. The highest BCUT2D eigenvalue weighted by molar-refractivity contribution is 5.77. The van der Waals surface area contributed by atoms with Gasteiger partial charge in [0, 0.05) is 44.5 Å². The molecule has 1 amide bonds. The van der Waals surface area contributed by atoms with E-state index in [1.807, 2.05) is 82.2 Å². The molecule has 0 radical (unpaired) electrons. The number of carbonyl (C=O) groups excluding carboxylic acids is 1. The zero-order valence-corrected chi connectivity index (χ0v) is 23.5. The van der Waals surface area contributed by atoms with Crippen molar-refractivity contribution in [1.82, 2.24) is 19.2 Å². The molecule has 0 spiro atoms. The number of hydrogen-bond acceptors (Lipinski definition) is 4. The van der Waals surface area contributed by atoms with Crippen molar-refractivity contribution in [2.75, 3.05) is 32.8 Å². The fourth-order valence-corrected chi connectivity index (χ4v) is 5.41. The molecule has 43 heavy (non-hydrogen) atoms. The van der Waals surface area contributed by atoms with Crippen molar-refractivity contribution < 1.29 is 22.7 Å². The summed E-state index contributed by atoms with van der Waals surface area (Å²) in [6, 6.07) is 28.7. The smallest absolute Gasteiger partial charge is 0.367 e. The van der Waals surface area contributed by atoms with Crippen LogP contribution < -0.4 is 0 Å². The second-order valence-corrected chi connectivity index (χ2v) is 10.6. The number of aromatic nitrogens is 2. The Hall–Kier alpha value is -4.47. The first-order chi connectivity index (χ1) is 20.8. The molecule has 0 saturated carbocycles. The summed E-state index contributed by atoms with van der Waals surface area (Å²) in [5, 5.41) is 0. The molecule has 0 unspecified atom stereocenters. The maximum atomic E-state index is 13.4. The fourth-order valence-electron chi connectivity index (χ4n) is 5.41. The number of imidazole rings is 1. The summed E-state index contributed by atoms with van der Waals surface area (Å²) in [5.41, 5.74) is 4.95. The van der Waals surface area contributed by atoms with Gasteiger partial charge in [-0.25, -0.2) is 4.98 Å². The lowest BCUT2D eigenvalue weighted by molar-refractivity contribution is -0.138. The van der Waals surface area contributed by atoms with Gasteiger partial charge < -0.3 is 14.0 Å². The third-order valence-corrected chi connectivity index (χ3v) is 7.72. The lowest BCUT2D eigenvalue weighted by atomic mass is 10.0. The van der Waals surface area contributed by atoms with Crippen LogP contribution in [0.4, 0.5) is 13.2 Å². The van der Waals surface area contributed by atoms with Crippen LogP contribution in [0.3, 0.4) is 0 Å². The van der Waals surface area contributed by atoms with Crippen LogP contribution in [0.1, 0.15) is 16.8 Å². The summed E-state index contributed by atoms with van der Waals surface area (Å²) in [6.45, 7) is 3.54. The minimum Gasteiger partial charge on any atom is -0.367 e. The van der Waals surface area contributed by atoms with E-state index in [9.17, 15) is 18.0 Å². The first-order valence-electron chi connectivity index (χ1n) is 14.2. The van der Waals surface area contributed by atoms with Gasteiger partial charge in [-0.2, -0.15) is 13.2 Å². The van der Waals surface area contributed by atoms with Crippen LogP contribution in [-0.2, 0) is 28.9 Å². The Bertz CT molecular complexity index is 1700. The molecule has 6 rings (SSSR count). The first kappa shape index (κ1) is 28.6. The number of nitrogens with zero attached hydrogens (tertiary/aromatic N) is 4. The number of carbonyl (C=O) groups is 1. The second-order valence-electron chi connectivity index (χ2n) is 10.6. The van der Waals surface area contributed by atoms with Gasteiger partial charge in [-0.3, -0.25) is 9.69 Å². The standard InChI is InChI=1S/C34H31F3N4O2/c35-34(36,37)29-13-7-12-27(20-29)28-14-15-31-38-33(26-10-5-2-6-11-26)30(41(31)21-28)22-39-16-18-40(19-17-39)32(42)24-43-23-25-8-3-1-4-9-25/h1-15,20-21H,16-19,22-24H2. The third kappa shape index (κ3) is 6.63. The van der Waals surface area contributed by atoms with Crippen molar-refractivity contribution in [3.63, 3.8) is 0 Å². The van der Waals surface area contributed by atoms with Crippen molar-refractivity contribution in [1.29, 1.82) is 0 Å². The maximum Gasteiger partial charge on any atom is 0.416 e. The van der Waals surface area contributed by atoms with Gasteiger partial charge in [-0.05, 0) is 41.0 Å². The maximum absolute atomic E-state index is 13.4. The molecule has 3 aromatic carbocycles. The summed E-state index contributed by atoms with van der Waals surface area (Å²) in [4.78, 5) is 21.8. The third-order valence-electron chi connectivity index (χ3n) is 7.72. The van der Waals surface area contributed by atoms with Gasteiger partial charge in [-0.1, -0.05) is 72.8 Å². The minimum absolute atomic E-state index is 0.0268. The Morgan fingerprint density at radius 3 is 2.21 bits per heavy atom. The Balaban J connectivity index is 1.20. The summed E-state index contributed by atoms with van der Waals surface area (Å²) >= 11 is 0. The average Bonchev–Trinajstić information content (AvgIpc) is 3.39. The predicted molar refractivity (Wildman–Crippen MR) is 159 cm³/mol. The van der Waals surface area contributed by atoms with Crippen molar-refractivity contribution in [2.45, 2.75) is 19.3 Å². The van der Waals surface area contributed by atoms with E-state index in [0.717, 1.165) is 28.6 Å². The molecule has 0 bridgehead atoms. The number of hydrogen-bond donors (Lipinski definition) is 0. The van der Waals surface area contributed by atoms with E-state index in [2.05, 4.69) is 4.90 Å². The molecular formula is C34H31F3N4O2. The molecule has 2 aromatic heterocycles. The van der Waals surface area contributed by atoms with Crippen LogP contribution in [0.15, 0.2) is 103 Å². The molecule has 0 N–H and O–H groups in total. The first-order valence-corrected chi connectivity index (χ1v) is 14.2. The van der Waals surface area contributed by atoms with E-state index in [0.29, 0.717) is 56.1 Å². The van der Waals surface area contributed by atoms with E-state index < -0.39 is 11.7 Å². The van der Waals surface area contributed by atoms with E-state index >= 15 is 0 Å². The van der Waals surface area contributed by atoms with Gasteiger partial charge in [-0.15, -0.1) is 0 Å². The van der Waals surface area contributed by atoms with Gasteiger partial charge in [0.2, 0.25) is 5.91 Å². The van der Waals surface area contributed by atoms with Crippen LogP contribution in [0, 0.1) is 0 Å². The number of piperazine rings is 1. The highest BCUT2D eigenvalue weighted by atomic mass is 19.4. The number of amides is 1. The molecule has 6 nitrogen and oxygen atoms in total. The SMILES string of the molecule is O=C(COCc1ccccc1)N1CCN(Cc2c(-c3ccccc3)nc3ccc(-c4cccc(C(F)(F)F)c4)cn23)CC1. The predicted octanol–water partition coefficient (Wildman–Crippen LogP) is 6.55. The van der Waals surface area contributed by atoms with Gasteiger partial charge in [0.15, 0.2) is 0 Å². The van der Waals surface area contributed by atoms with Gasteiger partial charge >= 0.3 is 6.18 Å². The zero-order valence-electron chi connectivity index (χ0n) is 23.5. The number of halogens is 3. The molecule has 5 aromatic rings. The molecular weight excluding hydrogens is 553 g/mol. The lowest BCUT2D eigenvalue weighted by Crippen LogP contribution is -2.49. The van der Waals surface area contributed by atoms with Crippen molar-refractivity contribution in [3.05, 3.63) is 120 Å². The Kier molecular flexibility index (Phi) is 8.26. The van der Waals surface area contributed by atoms with Crippen molar-refractivity contribution in [3.8, 4) is 22.4 Å². The molecule has 1 fully saturated rings. The highest BCUT2D eigenvalue weighted by Crippen LogP contribution is 2.33. The topological polar surface area (TPSA) is 50.1 Å². The van der Waals surface area contributed by atoms with Crippen molar-refractivity contribution in [2.24, 2.45) is 0 Å². The average molecular weight is 585 g/mol. The summed E-state index contributed by atoms with van der Waals surface area (Å²) in [5.74, 6) is -0.0268. The van der Waals surface area contributed by atoms with Gasteiger partial charge in [0.25, 0.3) is 0 Å². The number of rotatable bonds is 8. The molecule has 3 heterocycles. The van der Waals surface area contributed by atoms with Crippen LogP contribution in [0.5, 0.6) is 0 Å². The summed E-state index contributed by atoms with van der Waals surface area (Å²) < 4.78 is 47.9. The normalized spacial score (nSPS) is 14.3. The lowest BCUT2D eigenvalue weighted by Gasteiger charge is -2.34. The molecule has 1 aliphatic rings. The van der Waals surface area contributed by atoms with E-state index in [1.165, 1.54) is 12.1 Å². The largest absolute Gasteiger partial charge is 0.416 e. The Labute approximate surface area is 248 Å². The summed E-state index contributed by atoms with van der Waals surface area (Å²) in [7, 11) is 0. The summed E-state index contributed by atoms with van der Waals surface area (Å²) in [6.07, 6.45) is -2.55. The molecule has 220 valence electrons. The molecule has 9 heteroatoms. The number of pyridine rings is 1. The van der Waals surface area contributed by atoms with Crippen LogP contribution in [0.25, 0.3) is 28.0 Å². The quantitative estimate of drug-likeness (QED) is 0.208. The van der Waals surface area contributed by atoms with Crippen LogP contribution in [-0.4, -0.2) is 57.9 Å². The number of benzene rings is 3. The number of fused-ring (bicyclic) bond motifs is 1. The van der Waals surface area contributed by atoms with E-state index in [-0.39, 0.29) is 12.5 Å². The minimum atomic E-state index is -4.42. The Morgan fingerprint density at radius 1 is 0.791 bits per heavy atom. The van der Waals surface area contributed by atoms with E-state index in [1.54, 1.807) is 12.1 Å². The molecule has 1 aliphatic heterocycles. The fraction of sp³-hybridized carbons (Fsp3) is 0.235. The monoisotopic (exact) mass is 584 g/mol. The second kappa shape index (κ2) is 12.4. The van der Waals surface area contributed by atoms with Crippen LogP contribution >= 0.6 is 0 Å².